The van der Waals surface area contributed by atoms with Gasteiger partial charge in [-0.2, -0.15) is 0 Å². The molecule has 1 saturated carbocycles. The summed E-state index contributed by atoms with van der Waals surface area (Å²) in [4.78, 5) is 109. The third kappa shape index (κ3) is 39.3. The molecule has 0 radical (unpaired) electrons. The molecular weight excluding hydrogens is 975 g/mol. The van der Waals surface area contributed by atoms with Gasteiger partial charge >= 0.3 is 17.9 Å². The van der Waals surface area contributed by atoms with Gasteiger partial charge in [0.05, 0.1) is 39.6 Å². The predicted molar refractivity (Wildman–Crippen MR) is 281 cm³/mol. The molecule has 0 bridgehead atoms. The van der Waals surface area contributed by atoms with Gasteiger partial charge in [-0.3, -0.25) is 38.4 Å². The molecule has 21 heteroatoms. The molecule has 1 aliphatic carbocycles. The number of rotatable bonds is 48. The molecule has 0 aromatic carbocycles. The summed E-state index contributed by atoms with van der Waals surface area (Å²) in [7, 11) is 0. The monoisotopic (exact) mass is 1070 g/mol. The molecule has 0 heterocycles. The van der Waals surface area contributed by atoms with Crippen LogP contribution in [0.5, 0.6) is 0 Å². The van der Waals surface area contributed by atoms with E-state index in [1.807, 2.05) is 20.8 Å². The molecule has 75 heavy (non-hydrogen) atoms. The van der Waals surface area contributed by atoms with E-state index < -0.39 is 65.5 Å². The third-order valence-corrected chi connectivity index (χ3v) is 13.1. The van der Waals surface area contributed by atoms with Crippen molar-refractivity contribution in [2.75, 3.05) is 72.5 Å². The molecule has 2 atom stereocenters. The molecule has 1 rings (SSSR count). The van der Waals surface area contributed by atoms with Gasteiger partial charge < -0.3 is 60.9 Å². The van der Waals surface area contributed by atoms with Crippen LogP contribution in [0.3, 0.4) is 0 Å². The Hall–Kier alpha value is -4.73. The second-order valence-electron chi connectivity index (χ2n) is 20.7. The van der Waals surface area contributed by atoms with E-state index in [9.17, 15) is 53.4 Å². The number of amides is 5. The van der Waals surface area contributed by atoms with Crippen LogP contribution < -0.4 is 26.6 Å². The highest BCUT2D eigenvalue weighted by Crippen LogP contribution is 2.29. The van der Waals surface area contributed by atoms with E-state index in [-0.39, 0.29) is 115 Å². The molecule has 1 aliphatic rings. The molecule has 0 spiro atoms. The lowest BCUT2D eigenvalue weighted by Crippen LogP contribution is -2.48. The molecule has 0 aromatic heterocycles. The highest BCUT2D eigenvalue weighted by Gasteiger charge is 2.30. The largest absolute Gasteiger partial charge is 0.481 e. The van der Waals surface area contributed by atoms with Crippen molar-refractivity contribution in [2.24, 2.45) is 17.3 Å². The number of hydrogen-bond donors (Lipinski definition) is 8. The summed E-state index contributed by atoms with van der Waals surface area (Å²) >= 11 is 0. The van der Waals surface area contributed by atoms with Gasteiger partial charge in [-0.05, 0) is 57.3 Å². The van der Waals surface area contributed by atoms with Crippen LogP contribution in [-0.2, 0) is 62.1 Å². The van der Waals surface area contributed by atoms with Crippen molar-refractivity contribution in [3.63, 3.8) is 0 Å². The summed E-state index contributed by atoms with van der Waals surface area (Å²) in [6.45, 7) is 7.13. The van der Waals surface area contributed by atoms with E-state index in [0.29, 0.717) is 38.6 Å². The number of hydrogen-bond acceptors (Lipinski definition) is 13. The van der Waals surface area contributed by atoms with Crippen molar-refractivity contribution in [1.29, 1.82) is 0 Å². The molecule has 0 unspecified atom stereocenters. The lowest BCUT2D eigenvalue weighted by molar-refractivity contribution is -0.143. The van der Waals surface area contributed by atoms with Crippen LogP contribution in [0, 0.1) is 17.3 Å². The normalized spacial score (nSPS) is 15.3. The maximum Gasteiger partial charge on any atom is 0.326 e. The first kappa shape index (κ1) is 68.3. The highest BCUT2D eigenvalue weighted by molar-refractivity contribution is 5.89. The Morgan fingerprint density at radius 1 is 0.467 bits per heavy atom. The Kier molecular flexibility index (Phi) is 39.5. The van der Waals surface area contributed by atoms with E-state index in [1.54, 1.807) is 0 Å². The van der Waals surface area contributed by atoms with Crippen molar-refractivity contribution in [3.05, 3.63) is 0 Å². The number of carbonyl (C=O) groups is 9. The Balaban J connectivity index is 2.20. The fourth-order valence-corrected chi connectivity index (χ4v) is 8.31. The van der Waals surface area contributed by atoms with Gasteiger partial charge in [-0.15, -0.1) is 0 Å². The Morgan fingerprint density at radius 2 is 0.933 bits per heavy atom. The van der Waals surface area contributed by atoms with Crippen molar-refractivity contribution >= 4 is 53.2 Å². The highest BCUT2D eigenvalue weighted by atomic mass is 16.5. The van der Waals surface area contributed by atoms with Crippen molar-refractivity contribution < 1.29 is 77.4 Å². The smallest absolute Gasteiger partial charge is 0.326 e. The minimum absolute atomic E-state index is 0.00263. The third-order valence-electron chi connectivity index (χ3n) is 13.1. The molecule has 0 aromatic rings. The van der Waals surface area contributed by atoms with E-state index in [0.717, 1.165) is 38.5 Å². The van der Waals surface area contributed by atoms with Gasteiger partial charge in [0, 0.05) is 56.7 Å². The first-order chi connectivity index (χ1) is 35.9. The maximum absolute atomic E-state index is 13.1. The number of carbonyl (C=O) groups excluding carboxylic acids is 6. The average Bonchev–Trinajstić information content (AvgIpc) is 3.36. The van der Waals surface area contributed by atoms with Crippen LogP contribution >= 0.6 is 0 Å². The van der Waals surface area contributed by atoms with Gasteiger partial charge in [0.15, 0.2) is 5.78 Å². The molecular formula is C54H95N5O16. The van der Waals surface area contributed by atoms with Crippen LogP contribution in [0.2, 0.25) is 0 Å². The van der Waals surface area contributed by atoms with Crippen molar-refractivity contribution in [3.8, 4) is 0 Å². The van der Waals surface area contributed by atoms with E-state index in [1.165, 1.54) is 64.2 Å². The Morgan fingerprint density at radius 3 is 1.44 bits per heavy atom. The summed E-state index contributed by atoms with van der Waals surface area (Å²) in [5.74, 6) is -5.47. The minimum Gasteiger partial charge on any atom is -0.481 e. The zero-order valence-electron chi connectivity index (χ0n) is 45.6. The fourth-order valence-electron chi connectivity index (χ4n) is 8.31. The van der Waals surface area contributed by atoms with Crippen molar-refractivity contribution in [1.82, 2.24) is 26.6 Å². The first-order valence-corrected chi connectivity index (χ1v) is 27.8. The predicted octanol–water partition coefficient (Wildman–Crippen LogP) is 5.63. The number of Topliss-reactive ketones (excluding diaryl/α,β-unsaturated/α-hetero) is 1. The molecule has 8 N–H and O–H groups in total. The lowest BCUT2D eigenvalue weighted by atomic mass is 9.81. The van der Waals surface area contributed by atoms with Gasteiger partial charge in [0.1, 0.15) is 25.3 Å². The average molecular weight is 1070 g/mol. The molecule has 21 nitrogen and oxygen atoms in total. The second kappa shape index (κ2) is 43.4. The first-order valence-electron chi connectivity index (χ1n) is 27.8. The Labute approximate surface area is 445 Å². The van der Waals surface area contributed by atoms with Crippen LogP contribution in [0.4, 0.5) is 0 Å². The summed E-state index contributed by atoms with van der Waals surface area (Å²) in [6.07, 6.45) is 20.5. The Bertz CT molecular complexity index is 1650. The molecule has 0 aliphatic heterocycles. The zero-order valence-corrected chi connectivity index (χ0v) is 45.6. The summed E-state index contributed by atoms with van der Waals surface area (Å²) in [5, 5.41) is 41.0. The summed E-state index contributed by atoms with van der Waals surface area (Å²) in [6, 6.07) is -2.58. The van der Waals surface area contributed by atoms with E-state index >= 15 is 0 Å². The lowest BCUT2D eigenvalue weighted by Gasteiger charge is -2.28. The summed E-state index contributed by atoms with van der Waals surface area (Å²) < 4.78 is 21.4. The number of unbranched alkanes of at least 4 members (excludes halogenated alkanes) is 15. The standard InChI is InChI=1S/C54H95N5O16/c1-54(2,3)45(60)39-74-36-34-72-32-30-55-48(63)40-75-37-35-73-33-31-56-52(69)43(27-29-50(66)67)58-47(62)28-26-44(53(70)71)59-51(68)42-24-22-41(23-25-42)38-57-46(61)20-18-16-14-12-10-8-6-4-5-7-9-11-13-15-17-19-21-49(64)65/h41-44H,4-40H2,1-3H3,(H,55,63)(H,56,69)(H,57,61)(H,58,62)(H,59,68)(H,64,65)(H,66,67)(H,70,71)/t41?,42?,43-,44-/m0/s1. The van der Waals surface area contributed by atoms with Crippen LogP contribution in [0.1, 0.15) is 188 Å². The molecule has 5 amide bonds. The van der Waals surface area contributed by atoms with Gasteiger partial charge in [-0.25, -0.2) is 4.79 Å². The van der Waals surface area contributed by atoms with Gasteiger partial charge in [0.25, 0.3) is 0 Å². The molecule has 0 saturated heterocycles. The summed E-state index contributed by atoms with van der Waals surface area (Å²) in [5.41, 5.74) is -0.464. The second-order valence-corrected chi connectivity index (χ2v) is 20.7. The number of aliphatic carboxylic acids is 3. The zero-order chi connectivity index (χ0) is 55.5. The molecule has 1 fully saturated rings. The maximum atomic E-state index is 13.1. The number of nitrogens with one attached hydrogen (secondary N) is 5. The van der Waals surface area contributed by atoms with Gasteiger partial charge in [-0.1, -0.05) is 111 Å². The van der Waals surface area contributed by atoms with E-state index in [2.05, 4.69) is 26.6 Å². The van der Waals surface area contributed by atoms with Crippen LogP contribution in [-0.4, -0.2) is 153 Å². The molecule has 432 valence electrons. The number of carboxylic acids is 3. The quantitative estimate of drug-likeness (QED) is 0.0343. The minimum atomic E-state index is -1.36. The SMILES string of the molecule is CC(C)(C)C(=O)COCCOCCNC(=O)COCCOCCNC(=O)[C@H](CCC(=O)O)NC(=O)CC[C@H](NC(=O)C1CCC(CNC(=O)CCCCCCCCCCCCCCCCCCC(=O)O)CC1)C(=O)O. The van der Waals surface area contributed by atoms with Crippen LogP contribution in [0.15, 0.2) is 0 Å². The topological polar surface area (TPSA) is 311 Å². The van der Waals surface area contributed by atoms with Crippen LogP contribution in [0.25, 0.3) is 0 Å². The number of carboxylic acid groups (broad SMARTS) is 3. The van der Waals surface area contributed by atoms with E-state index in [4.69, 9.17) is 24.1 Å². The number of ether oxygens (including phenoxy) is 4. The fraction of sp³-hybridized carbons (Fsp3) is 0.833. The number of ketones is 1. The van der Waals surface area contributed by atoms with Gasteiger partial charge in [0.2, 0.25) is 29.5 Å². The van der Waals surface area contributed by atoms with Crippen molar-refractivity contribution in [2.45, 2.75) is 200 Å².